The van der Waals surface area contributed by atoms with Gasteiger partial charge in [-0.15, -0.1) is 0 Å². The number of carbonyl (C=O) groups excluding carboxylic acids is 1. The van der Waals surface area contributed by atoms with Gasteiger partial charge in [0.05, 0.1) is 13.7 Å². The molecule has 0 atom stereocenters. The molecule has 2 rings (SSSR count). The van der Waals surface area contributed by atoms with E-state index in [9.17, 15) is 4.79 Å². The van der Waals surface area contributed by atoms with Crippen LogP contribution in [0.5, 0.6) is 5.75 Å². The average Bonchev–Trinajstić information content (AvgIpc) is 2.56. The minimum Gasteiger partial charge on any atom is -0.496 e. The van der Waals surface area contributed by atoms with E-state index in [1.807, 2.05) is 54.6 Å². The Balaban J connectivity index is 1.65. The fraction of sp³-hybridized carbons (Fsp3) is 0.278. The number of hydrogen-bond donors (Lipinski definition) is 2. The van der Waals surface area contributed by atoms with Crippen molar-refractivity contribution in [1.82, 2.24) is 10.6 Å². The quantitative estimate of drug-likeness (QED) is 0.785. The number of methoxy groups -OCH3 is 1. The van der Waals surface area contributed by atoms with Gasteiger partial charge in [0.1, 0.15) is 5.75 Å². The van der Waals surface area contributed by atoms with E-state index in [1.165, 1.54) is 5.56 Å². The summed E-state index contributed by atoms with van der Waals surface area (Å²) in [6, 6.07) is 17.9. The van der Waals surface area contributed by atoms with E-state index in [2.05, 4.69) is 10.6 Å². The maximum absolute atomic E-state index is 11.8. The summed E-state index contributed by atoms with van der Waals surface area (Å²) < 4.78 is 5.29. The molecule has 2 aromatic carbocycles. The van der Waals surface area contributed by atoms with E-state index in [4.69, 9.17) is 4.74 Å². The Bertz CT molecular complexity index is 585. The van der Waals surface area contributed by atoms with Gasteiger partial charge < -0.3 is 15.4 Å². The van der Waals surface area contributed by atoms with E-state index in [0.29, 0.717) is 19.6 Å². The molecule has 0 saturated carbocycles. The van der Waals surface area contributed by atoms with Gasteiger partial charge in [-0.05, 0) is 23.6 Å². The fourth-order valence-electron chi connectivity index (χ4n) is 2.22. The Hall–Kier alpha value is -2.33. The number of ether oxygens (including phenoxy) is 1. The van der Waals surface area contributed by atoms with Gasteiger partial charge in [-0.25, -0.2) is 0 Å². The minimum atomic E-state index is 0.00540. The van der Waals surface area contributed by atoms with E-state index >= 15 is 0 Å². The van der Waals surface area contributed by atoms with Crippen LogP contribution in [0, 0.1) is 0 Å². The summed E-state index contributed by atoms with van der Waals surface area (Å²) in [6.07, 6.45) is 0.758. The third-order valence-corrected chi connectivity index (χ3v) is 3.37. The molecule has 0 bridgehead atoms. The Morgan fingerprint density at radius 2 is 1.77 bits per heavy atom. The predicted octanol–water partition coefficient (Wildman–Crippen LogP) is 2.14. The zero-order valence-corrected chi connectivity index (χ0v) is 12.8. The van der Waals surface area contributed by atoms with Gasteiger partial charge in [0, 0.05) is 13.1 Å². The number of amides is 1. The van der Waals surface area contributed by atoms with Crippen molar-refractivity contribution in [3.63, 3.8) is 0 Å². The maximum Gasteiger partial charge on any atom is 0.233 e. The molecule has 0 fully saturated rings. The second kappa shape index (κ2) is 8.85. The van der Waals surface area contributed by atoms with Gasteiger partial charge in [-0.3, -0.25) is 4.79 Å². The Labute approximate surface area is 131 Å². The summed E-state index contributed by atoms with van der Waals surface area (Å²) >= 11 is 0. The first kappa shape index (κ1) is 16.0. The molecule has 116 valence electrons. The highest BCUT2D eigenvalue weighted by atomic mass is 16.5. The Morgan fingerprint density at radius 3 is 2.55 bits per heavy atom. The standard InChI is InChI=1S/C18H22N2O2/c1-22-17-10-6-5-9-16(17)11-12-20-18(21)14-19-13-15-7-3-2-4-8-15/h2-10,19H,11-14H2,1H3,(H,20,21). The lowest BCUT2D eigenvalue weighted by atomic mass is 10.1. The number of hydrogen-bond acceptors (Lipinski definition) is 3. The highest BCUT2D eigenvalue weighted by molar-refractivity contribution is 5.77. The zero-order valence-electron chi connectivity index (χ0n) is 12.8. The largest absolute Gasteiger partial charge is 0.496 e. The molecular weight excluding hydrogens is 276 g/mol. The zero-order chi connectivity index (χ0) is 15.6. The normalized spacial score (nSPS) is 10.2. The molecule has 4 heteroatoms. The summed E-state index contributed by atoms with van der Waals surface area (Å²) in [5, 5.41) is 6.05. The van der Waals surface area contributed by atoms with Crippen LogP contribution in [-0.2, 0) is 17.8 Å². The van der Waals surface area contributed by atoms with Crippen molar-refractivity contribution in [2.45, 2.75) is 13.0 Å². The van der Waals surface area contributed by atoms with E-state index in [0.717, 1.165) is 17.7 Å². The van der Waals surface area contributed by atoms with Crippen LogP contribution in [0.2, 0.25) is 0 Å². The van der Waals surface area contributed by atoms with Crippen LogP contribution in [0.3, 0.4) is 0 Å². The van der Waals surface area contributed by atoms with Crippen LogP contribution in [0.25, 0.3) is 0 Å². The van der Waals surface area contributed by atoms with Gasteiger partial charge in [-0.1, -0.05) is 48.5 Å². The number of rotatable bonds is 8. The summed E-state index contributed by atoms with van der Waals surface area (Å²) in [6.45, 7) is 1.62. The van der Waals surface area contributed by atoms with E-state index in [-0.39, 0.29) is 5.91 Å². The second-order valence-corrected chi connectivity index (χ2v) is 5.00. The van der Waals surface area contributed by atoms with E-state index in [1.54, 1.807) is 7.11 Å². The molecule has 4 nitrogen and oxygen atoms in total. The van der Waals surface area contributed by atoms with Crippen molar-refractivity contribution in [1.29, 1.82) is 0 Å². The smallest absolute Gasteiger partial charge is 0.233 e. The Morgan fingerprint density at radius 1 is 1.05 bits per heavy atom. The monoisotopic (exact) mass is 298 g/mol. The van der Waals surface area contributed by atoms with Crippen LogP contribution in [0.1, 0.15) is 11.1 Å². The minimum absolute atomic E-state index is 0.00540. The lowest BCUT2D eigenvalue weighted by Crippen LogP contribution is -2.34. The van der Waals surface area contributed by atoms with Crippen LogP contribution >= 0.6 is 0 Å². The molecule has 2 N–H and O–H groups in total. The third kappa shape index (κ3) is 5.22. The van der Waals surface area contributed by atoms with Crippen molar-refractivity contribution < 1.29 is 9.53 Å². The van der Waals surface area contributed by atoms with Crippen molar-refractivity contribution >= 4 is 5.91 Å². The maximum atomic E-state index is 11.8. The highest BCUT2D eigenvalue weighted by Crippen LogP contribution is 2.17. The van der Waals surface area contributed by atoms with Gasteiger partial charge in [0.15, 0.2) is 0 Å². The third-order valence-electron chi connectivity index (χ3n) is 3.37. The number of nitrogens with one attached hydrogen (secondary N) is 2. The van der Waals surface area contributed by atoms with Crippen molar-refractivity contribution in [2.24, 2.45) is 0 Å². The molecule has 0 aliphatic carbocycles. The molecule has 1 amide bonds. The number of para-hydroxylation sites is 1. The molecule has 2 aromatic rings. The molecular formula is C18H22N2O2. The molecule has 0 spiro atoms. The summed E-state index contributed by atoms with van der Waals surface area (Å²) in [5.74, 6) is 0.866. The van der Waals surface area contributed by atoms with Gasteiger partial charge in [-0.2, -0.15) is 0 Å². The lowest BCUT2D eigenvalue weighted by molar-refractivity contribution is -0.120. The number of carbonyl (C=O) groups is 1. The van der Waals surface area contributed by atoms with Crippen molar-refractivity contribution in [2.75, 3.05) is 20.2 Å². The molecule has 0 heterocycles. The van der Waals surface area contributed by atoms with E-state index < -0.39 is 0 Å². The fourth-order valence-corrected chi connectivity index (χ4v) is 2.22. The van der Waals surface area contributed by atoms with Crippen LogP contribution in [-0.4, -0.2) is 26.1 Å². The van der Waals surface area contributed by atoms with Crippen LogP contribution in [0.4, 0.5) is 0 Å². The van der Waals surface area contributed by atoms with Gasteiger partial charge >= 0.3 is 0 Å². The molecule has 0 saturated heterocycles. The first-order valence-electron chi connectivity index (χ1n) is 7.43. The first-order chi connectivity index (χ1) is 10.8. The molecule has 22 heavy (non-hydrogen) atoms. The van der Waals surface area contributed by atoms with Gasteiger partial charge in [0.2, 0.25) is 5.91 Å². The molecule has 0 unspecified atom stereocenters. The van der Waals surface area contributed by atoms with Crippen LogP contribution < -0.4 is 15.4 Å². The average molecular weight is 298 g/mol. The molecule has 0 aliphatic rings. The summed E-state index contributed by atoms with van der Waals surface area (Å²) in [4.78, 5) is 11.8. The van der Waals surface area contributed by atoms with Crippen molar-refractivity contribution in [3.05, 3.63) is 65.7 Å². The Kier molecular flexibility index (Phi) is 6.45. The first-order valence-corrected chi connectivity index (χ1v) is 7.43. The van der Waals surface area contributed by atoms with Crippen LogP contribution in [0.15, 0.2) is 54.6 Å². The predicted molar refractivity (Wildman–Crippen MR) is 87.9 cm³/mol. The second-order valence-electron chi connectivity index (χ2n) is 5.00. The topological polar surface area (TPSA) is 50.4 Å². The number of benzene rings is 2. The summed E-state index contributed by atoms with van der Waals surface area (Å²) in [7, 11) is 1.66. The SMILES string of the molecule is COc1ccccc1CCNC(=O)CNCc1ccccc1. The van der Waals surface area contributed by atoms with Gasteiger partial charge in [0.25, 0.3) is 0 Å². The molecule has 0 aromatic heterocycles. The van der Waals surface area contributed by atoms with Crippen molar-refractivity contribution in [3.8, 4) is 5.75 Å². The molecule has 0 aliphatic heterocycles. The highest BCUT2D eigenvalue weighted by Gasteiger charge is 2.03. The lowest BCUT2D eigenvalue weighted by Gasteiger charge is -2.09. The summed E-state index contributed by atoms with van der Waals surface area (Å²) in [5.41, 5.74) is 2.27. The molecule has 0 radical (unpaired) electrons.